The molecule has 13 heavy (non-hydrogen) atoms. The molecule has 1 aromatic rings. The van der Waals surface area contributed by atoms with Crippen LogP contribution in [0, 0.1) is 0 Å². The lowest BCUT2D eigenvalue weighted by atomic mass is 9.98. The van der Waals surface area contributed by atoms with E-state index in [2.05, 4.69) is 5.32 Å². The smallest absolute Gasteiger partial charge is 0.234 e. The van der Waals surface area contributed by atoms with Gasteiger partial charge in [-0.3, -0.25) is 14.9 Å². The summed E-state index contributed by atoms with van der Waals surface area (Å²) in [6.45, 7) is 0. The number of carbonyl (C=O) groups is 2. The molecule has 1 N–H and O–H groups in total. The van der Waals surface area contributed by atoms with Crippen LogP contribution in [0.5, 0.6) is 0 Å². The lowest BCUT2D eigenvalue weighted by Gasteiger charge is -2.04. The van der Waals surface area contributed by atoms with Gasteiger partial charge in [-0.15, -0.1) is 0 Å². The monoisotopic (exact) mass is 180 g/mol. The van der Waals surface area contributed by atoms with Crippen molar-refractivity contribution >= 4 is 11.8 Å². The minimum atomic E-state index is -1.01. The van der Waals surface area contributed by atoms with Crippen LogP contribution < -0.4 is 5.32 Å². The first-order valence-electron chi connectivity index (χ1n) is 6.25. The molecule has 1 heterocycles. The minimum Gasteiger partial charge on any atom is -0.296 e. The molecule has 2 amide bonds. The summed E-state index contributed by atoms with van der Waals surface area (Å²) in [5.41, 5.74) is -0.121. The Hall–Kier alpha value is -1.64. The van der Waals surface area contributed by atoms with Crippen LogP contribution in [0.15, 0.2) is 30.2 Å². The maximum absolute atomic E-state index is 11.5. The van der Waals surface area contributed by atoms with E-state index in [9.17, 15) is 9.59 Å². The Kier molecular flexibility index (Phi) is 0.937. The van der Waals surface area contributed by atoms with Crippen molar-refractivity contribution in [1.29, 1.82) is 0 Å². The Morgan fingerprint density at radius 3 is 2.54 bits per heavy atom. The third-order valence-corrected chi connectivity index (χ3v) is 1.84. The van der Waals surface area contributed by atoms with Crippen LogP contribution in [0.4, 0.5) is 0 Å². The first kappa shape index (κ1) is 4.05. The molecule has 0 spiro atoms. The summed E-state index contributed by atoms with van der Waals surface area (Å²) < 4.78 is 37.8. The Bertz CT molecular complexity index is 543. The highest BCUT2D eigenvalue weighted by Crippen LogP contribution is 2.23. The fourth-order valence-electron chi connectivity index (χ4n) is 1.22. The number of hydrogen-bond donors (Lipinski definition) is 1. The van der Waals surface area contributed by atoms with Gasteiger partial charge in [0.05, 0.1) is 12.8 Å². The molecule has 1 saturated heterocycles. The van der Waals surface area contributed by atoms with Crippen molar-refractivity contribution < 1.29 is 16.4 Å². The molecule has 0 radical (unpaired) electrons. The topological polar surface area (TPSA) is 46.2 Å². The van der Waals surface area contributed by atoms with Crippen LogP contribution in [0.2, 0.25) is 0 Å². The van der Waals surface area contributed by atoms with E-state index in [-0.39, 0.29) is 12.0 Å². The first-order chi connectivity index (χ1) is 8.34. The van der Waals surface area contributed by atoms with E-state index in [1.54, 1.807) is 0 Å². The molecular formula is C10H9NO2. The van der Waals surface area contributed by atoms with Gasteiger partial charge in [0, 0.05) is 6.42 Å². The van der Waals surface area contributed by atoms with Crippen LogP contribution in [0.1, 0.15) is 24.8 Å². The largest absolute Gasteiger partial charge is 0.296 e. The Morgan fingerprint density at radius 2 is 2.00 bits per heavy atom. The second-order valence-corrected chi connectivity index (χ2v) is 2.71. The average molecular weight is 180 g/mol. The van der Waals surface area contributed by atoms with Crippen molar-refractivity contribution in [3.63, 3.8) is 0 Å². The quantitative estimate of drug-likeness (QED) is 0.650. The SMILES string of the molecule is [2H]c1c([2H])c([2H])c(C2CC(=O)NC2=O)c([2H])c1[2H]. The van der Waals surface area contributed by atoms with Gasteiger partial charge in [-0.05, 0) is 5.56 Å². The second-order valence-electron chi connectivity index (χ2n) is 2.71. The normalized spacial score (nSPS) is 27.1. The number of rotatable bonds is 1. The van der Waals surface area contributed by atoms with Gasteiger partial charge in [0.25, 0.3) is 0 Å². The molecular weight excluding hydrogens is 166 g/mol. The van der Waals surface area contributed by atoms with Crippen LogP contribution >= 0.6 is 0 Å². The molecule has 1 aliphatic heterocycles. The number of benzene rings is 1. The highest BCUT2D eigenvalue weighted by atomic mass is 16.2. The molecule has 0 saturated carbocycles. The van der Waals surface area contributed by atoms with Gasteiger partial charge in [-0.2, -0.15) is 0 Å². The third kappa shape index (κ3) is 1.45. The van der Waals surface area contributed by atoms with Crippen molar-refractivity contribution in [2.24, 2.45) is 0 Å². The fourth-order valence-corrected chi connectivity index (χ4v) is 1.22. The summed E-state index contributed by atoms with van der Waals surface area (Å²) >= 11 is 0. The molecule has 2 rings (SSSR count). The summed E-state index contributed by atoms with van der Waals surface area (Å²) in [7, 11) is 0. The Balaban J connectivity index is 2.65. The van der Waals surface area contributed by atoms with E-state index in [1.165, 1.54) is 0 Å². The average Bonchev–Trinajstić information content (AvgIpc) is 2.64. The highest BCUT2D eigenvalue weighted by Gasteiger charge is 2.31. The standard InChI is InChI=1S/C10H9NO2/c12-9-6-8(10(13)11-9)7-4-2-1-3-5-7/h1-5,8H,6H2,(H,11,12,13)/i1D,2D,3D,4D,5D. The molecule has 3 nitrogen and oxygen atoms in total. The van der Waals surface area contributed by atoms with Gasteiger partial charge in [-0.25, -0.2) is 0 Å². The zero-order valence-corrected chi connectivity index (χ0v) is 6.60. The summed E-state index contributed by atoms with van der Waals surface area (Å²) in [6.07, 6.45) is -0.188. The summed E-state index contributed by atoms with van der Waals surface area (Å²) in [4.78, 5) is 22.6. The van der Waals surface area contributed by atoms with Crippen LogP contribution in [0.3, 0.4) is 0 Å². The van der Waals surface area contributed by atoms with E-state index in [0.29, 0.717) is 0 Å². The summed E-state index contributed by atoms with van der Waals surface area (Å²) in [5, 5.41) is 2.06. The van der Waals surface area contributed by atoms with Crippen molar-refractivity contribution in [3.05, 3.63) is 35.8 Å². The van der Waals surface area contributed by atoms with E-state index < -0.39 is 47.9 Å². The zero-order valence-electron chi connectivity index (χ0n) is 11.6. The van der Waals surface area contributed by atoms with Crippen molar-refractivity contribution in [1.82, 2.24) is 5.32 Å². The van der Waals surface area contributed by atoms with E-state index in [4.69, 9.17) is 6.85 Å². The first-order valence-corrected chi connectivity index (χ1v) is 3.75. The number of amides is 2. The van der Waals surface area contributed by atoms with Crippen molar-refractivity contribution in [2.45, 2.75) is 12.3 Å². The van der Waals surface area contributed by atoms with E-state index >= 15 is 0 Å². The molecule has 0 aromatic heterocycles. The predicted molar refractivity (Wildman–Crippen MR) is 46.9 cm³/mol. The van der Waals surface area contributed by atoms with Gasteiger partial charge in [0.2, 0.25) is 11.8 Å². The third-order valence-electron chi connectivity index (χ3n) is 1.84. The van der Waals surface area contributed by atoms with Crippen LogP contribution in [0.25, 0.3) is 0 Å². The Labute approximate surface area is 82.8 Å². The molecule has 0 aliphatic carbocycles. The number of hydrogen-bond acceptors (Lipinski definition) is 2. The van der Waals surface area contributed by atoms with Gasteiger partial charge in [0.1, 0.15) is 0 Å². The maximum atomic E-state index is 11.5. The summed E-state index contributed by atoms with van der Waals surface area (Å²) in [5.74, 6) is -2.14. The highest BCUT2D eigenvalue weighted by molar-refractivity contribution is 6.06. The maximum Gasteiger partial charge on any atom is 0.234 e. The summed E-state index contributed by atoms with van der Waals surface area (Å²) in [6, 6.07) is -2.39. The van der Waals surface area contributed by atoms with Gasteiger partial charge < -0.3 is 0 Å². The molecule has 1 unspecified atom stereocenters. The molecule has 1 atom stereocenters. The second kappa shape index (κ2) is 3.01. The number of carbonyl (C=O) groups excluding carboxylic acids is 2. The fraction of sp³-hybridized carbons (Fsp3) is 0.200. The van der Waals surface area contributed by atoms with E-state index in [1.807, 2.05) is 0 Å². The molecule has 66 valence electrons. The lowest BCUT2D eigenvalue weighted by molar-refractivity contribution is -0.125. The van der Waals surface area contributed by atoms with Crippen molar-refractivity contribution in [3.8, 4) is 0 Å². The lowest BCUT2D eigenvalue weighted by Crippen LogP contribution is -2.21. The van der Waals surface area contributed by atoms with E-state index in [0.717, 1.165) is 0 Å². The van der Waals surface area contributed by atoms with Gasteiger partial charge in [-0.1, -0.05) is 30.2 Å². The zero-order chi connectivity index (χ0) is 13.6. The van der Waals surface area contributed by atoms with Gasteiger partial charge >= 0.3 is 0 Å². The molecule has 1 fully saturated rings. The Morgan fingerprint density at radius 1 is 1.31 bits per heavy atom. The molecule has 3 heteroatoms. The van der Waals surface area contributed by atoms with Crippen LogP contribution in [-0.4, -0.2) is 11.8 Å². The number of imide groups is 1. The number of nitrogens with one attached hydrogen (secondary N) is 1. The minimum absolute atomic E-state index is 0.121. The van der Waals surface area contributed by atoms with Gasteiger partial charge in [0.15, 0.2) is 0 Å². The van der Waals surface area contributed by atoms with Crippen LogP contribution in [-0.2, 0) is 9.59 Å². The molecule has 1 aromatic carbocycles. The van der Waals surface area contributed by atoms with Crippen molar-refractivity contribution in [2.75, 3.05) is 0 Å². The molecule has 0 bridgehead atoms. The predicted octanol–water partition coefficient (Wildman–Crippen LogP) is 0.817. The molecule has 1 aliphatic rings.